The van der Waals surface area contributed by atoms with E-state index in [1.807, 2.05) is 31.2 Å². The third-order valence-corrected chi connectivity index (χ3v) is 3.74. The van der Waals surface area contributed by atoms with Gasteiger partial charge in [-0.25, -0.2) is 0 Å². The fourth-order valence-corrected chi connectivity index (χ4v) is 2.66. The topological polar surface area (TPSA) is 20.2 Å². The molecule has 1 atom stereocenters. The van der Waals surface area contributed by atoms with E-state index in [0.717, 1.165) is 16.4 Å². The van der Waals surface area contributed by atoms with E-state index in [9.17, 15) is 5.11 Å². The average molecular weight is 250 g/mol. The van der Waals surface area contributed by atoms with Gasteiger partial charge in [-0.05, 0) is 0 Å². The number of rotatable bonds is 3. The molecule has 1 N–H and O–H groups in total. The first kappa shape index (κ1) is 10.1. The summed E-state index contributed by atoms with van der Waals surface area (Å²) in [4.78, 5) is 0. The fraction of sp³-hybridized carbons (Fsp3) is 0.333. The van der Waals surface area contributed by atoms with Gasteiger partial charge in [0.2, 0.25) is 0 Å². The molecule has 1 aromatic rings. The Morgan fingerprint density at radius 1 is 1.50 bits per heavy atom. The van der Waals surface area contributed by atoms with Crippen LogP contribution in [-0.4, -0.2) is 19.2 Å². The molecular formula is C9H11ClOSe. The molecule has 0 aliphatic heterocycles. The van der Waals surface area contributed by atoms with Crippen LogP contribution in [0.4, 0.5) is 0 Å². The summed E-state index contributed by atoms with van der Waals surface area (Å²) in [5.41, 5.74) is 0.981. The first-order valence-electron chi connectivity index (χ1n) is 3.85. The summed E-state index contributed by atoms with van der Waals surface area (Å²) in [5, 5.41) is 9.59. The maximum atomic E-state index is 9.59. The van der Waals surface area contributed by atoms with Crippen LogP contribution >= 0.6 is 10.1 Å². The first-order chi connectivity index (χ1) is 5.79. The maximum absolute atomic E-state index is 9.59. The Kier molecular flexibility index (Phi) is 4.10. The van der Waals surface area contributed by atoms with E-state index in [-0.39, 0.29) is 20.1 Å². The van der Waals surface area contributed by atoms with Gasteiger partial charge < -0.3 is 0 Å². The normalized spacial score (nSPS) is 12.9. The van der Waals surface area contributed by atoms with Crippen LogP contribution < -0.4 is 4.46 Å². The van der Waals surface area contributed by atoms with Gasteiger partial charge in [-0.3, -0.25) is 0 Å². The van der Waals surface area contributed by atoms with Crippen molar-refractivity contribution in [1.29, 1.82) is 0 Å². The predicted molar refractivity (Wildman–Crippen MR) is 52.9 cm³/mol. The van der Waals surface area contributed by atoms with Gasteiger partial charge >= 0.3 is 83.0 Å². The van der Waals surface area contributed by atoms with Crippen molar-refractivity contribution in [2.75, 3.05) is 0 Å². The minimum atomic E-state index is -0.359. The molecule has 0 spiro atoms. The molecule has 0 saturated heterocycles. The van der Waals surface area contributed by atoms with Gasteiger partial charge in [0, 0.05) is 0 Å². The van der Waals surface area contributed by atoms with Crippen molar-refractivity contribution >= 4 is 28.6 Å². The predicted octanol–water partition coefficient (Wildman–Crippen LogP) is 1.61. The van der Waals surface area contributed by atoms with E-state index < -0.39 is 0 Å². The summed E-state index contributed by atoms with van der Waals surface area (Å²) >= 11 is -0.0489. The summed E-state index contributed by atoms with van der Waals surface area (Å²) in [6.07, 6.45) is 0.381. The van der Waals surface area contributed by atoms with Crippen molar-refractivity contribution in [3.63, 3.8) is 0 Å². The number of hydrogen-bond acceptors (Lipinski definition) is 1. The van der Waals surface area contributed by atoms with Crippen molar-refractivity contribution in [3.05, 3.63) is 29.8 Å². The van der Waals surface area contributed by atoms with Gasteiger partial charge in [-0.15, -0.1) is 0 Å². The molecule has 0 amide bonds. The van der Waals surface area contributed by atoms with Gasteiger partial charge in [-0.1, -0.05) is 0 Å². The zero-order chi connectivity index (χ0) is 8.97. The third-order valence-electron chi connectivity index (χ3n) is 1.75. The van der Waals surface area contributed by atoms with Gasteiger partial charge in [0.25, 0.3) is 0 Å². The van der Waals surface area contributed by atoms with Crippen molar-refractivity contribution in [3.8, 4) is 0 Å². The molecule has 1 nitrogen and oxygen atoms in total. The summed E-state index contributed by atoms with van der Waals surface area (Å²) < 4.78 is 1.08. The van der Waals surface area contributed by atoms with Crippen molar-refractivity contribution < 1.29 is 5.11 Å². The molecule has 0 heterocycles. The molecule has 0 fully saturated rings. The molecule has 0 aliphatic carbocycles. The molecule has 0 aromatic heterocycles. The van der Waals surface area contributed by atoms with Crippen molar-refractivity contribution in [1.82, 2.24) is 0 Å². The van der Waals surface area contributed by atoms with Crippen molar-refractivity contribution in [2.45, 2.75) is 19.4 Å². The Labute approximate surface area is 83.1 Å². The molecule has 1 unspecified atom stereocenters. The Morgan fingerprint density at radius 2 is 2.17 bits per heavy atom. The van der Waals surface area contributed by atoms with Crippen LogP contribution in [0.25, 0.3) is 0 Å². The van der Waals surface area contributed by atoms with Crippen molar-refractivity contribution in [2.24, 2.45) is 0 Å². The number of benzene rings is 1. The number of aliphatic hydroxyl groups excluding tert-OH is 1. The van der Waals surface area contributed by atoms with Crippen LogP contribution in [0.2, 0.25) is 0 Å². The first-order valence-corrected chi connectivity index (χ1v) is 6.96. The molecule has 1 aromatic carbocycles. The van der Waals surface area contributed by atoms with Crippen LogP contribution in [0.5, 0.6) is 0 Å². The zero-order valence-corrected chi connectivity index (χ0v) is 9.30. The van der Waals surface area contributed by atoms with E-state index in [4.69, 9.17) is 10.1 Å². The SMILES string of the molecule is CCC(O)c1ccccc1[Se]Cl. The molecular weight excluding hydrogens is 239 g/mol. The van der Waals surface area contributed by atoms with Gasteiger partial charge in [-0.2, -0.15) is 0 Å². The van der Waals surface area contributed by atoms with Gasteiger partial charge in [0.1, 0.15) is 0 Å². The average Bonchev–Trinajstić information content (AvgIpc) is 2.16. The molecule has 0 bridgehead atoms. The van der Waals surface area contributed by atoms with Gasteiger partial charge in [0.15, 0.2) is 0 Å². The molecule has 66 valence electrons. The Morgan fingerprint density at radius 3 is 2.75 bits per heavy atom. The van der Waals surface area contributed by atoms with Crippen LogP contribution in [0, 0.1) is 0 Å². The monoisotopic (exact) mass is 250 g/mol. The Hall–Kier alpha value is -0.0105. The molecule has 12 heavy (non-hydrogen) atoms. The second-order valence-electron chi connectivity index (χ2n) is 2.54. The van der Waals surface area contributed by atoms with E-state index in [0.29, 0.717) is 0 Å². The number of hydrogen-bond donors (Lipinski definition) is 1. The summed E-state index contributed by atoms with van der Waals surface area (Å²) in [6, 6.07) is 7.79. The minimum absolute atomic E-state index is 0.0489. The molecule has 1 rings (SSSR count). The molecule has 3 heteroatoms. The standard InChI is InChI=1S/C9H11ClOSe/c1-2-8(11)7-5-3-4-6-9(7)12-10/h3-6,8,11H,2H2,1H3. The van der Waals surface area contributed by atoms with Crippen LogP contribution in [-0.2, 0) is 0 Å². The molecule has 0 radical (unpaired) electrons. The summed E-state index contributed by atoms with van der Waals surface area (Å²) in [5.74, 6) is 0. The second kappa shape index (κ2) is 4.88. The van der Waals surface area contributed by atoms with E-state index in [1.54, 1.807) is 0 Å². The zero-order valence-electron chi connectivity index (χ0n) is 6.83. The van der Waals surface area contributed by atoms with Crippen LogP contribution in [0.3, 0.4) is 0 Å². The molecule has 0 aliphatic rings. The molecule has 0 saturated carbocycles. The quantitative estimate of drug-likeness (QED) is 0.807. The summed E-state index contributed by atoms with van der Waals surface area (Å²) in [6.45, 7) is 1.96. The van der Waals surface area contributed by atoms with E-state index in [2.05, 4.69) is 0 Å². The third kappa shape index (κ3) is 2.24. The number of halogens is 1. The Bertz CT molecular complexity index is 252. The van der Waals surface area contributed by atoms with Crippen LogP contribution in [0.1, 0.15) is 25.0 Å². The fourth-order valence-electron chi connectivity index (χ4n) is 1.05. The number of aliphatic hydroxyl groups is 1. The van der Waals surface area contributed by atoms with E-state index >= 15 is 0 Å². The van der Waals surface area contributed by atoms with Crippen LogP contribution in [0.15, 0.2) is 24.3 Å². The Balaban J connectivity index is 2.96. The summed E-state index contributed by atoms with van der Waals surface area (Å²) in [7, 11) is 5.78. The van der Waals surface area contributed by atoms with E-state index in [1.165, 1.54) is 0 Å². The second-order valence-corrected chi connectivity index (χ2v) is 4.59. The van der Waals surface area contributed by atoms with Gasteiger partial charge in [0.05, 0.1) is 0 Å².